The Hall–Kier alpha value is -1.39. The van der Waals surface area contributed by atoms with Gasteiger partial charge < -0.3 is 5.73 Å². The van der Waals surface area contributed by atoms with Gasteiger partial charge in [-0.1, -0.05) is 17.7 Å². The van der Waals surface area contributed by atoms with E-state index in [1.165, 1.54) is 0 Å². The van der Waals surface area contributed by atoms with E-state index in [2.05, 4.69) is 10.1 Å². The Bertz CT molecular complexity index is 482. The van der Waals surface area contributed by atoms with Crippen molar-refractivity contribution >= 4 is 11.6 Å². The molecule has 1 unspecified atom stereocenters. The molecule has 0 aliphatic heterocycles. The summed E-state index contributed by atoms with van der Waals surface area (Å²) in [6.07, 6.45) is 4.40. The van der Waals surface area contributed by atoms with Crippen LogP contribution in [0.2, 0.25) is 5.02 Å². The largest absolute Gasteiger partial charge is 0.328 e. The molecule has 0 aliphatic carbocycles. The Labute approximate surface area is 105 Å². The first-order valence-electron chi connectivity index (χ1n) is 5.49. The molecule has 2 heterocycles. The number of hydrogen-bond donors (Lipinski definition) is 1. The second-order valence-electron chi connectivity index (χ2n) is 4.21. The molecule has 5 heteroatoms. The second kappa shape index (κ2) is 4.85. The number of aryl methyl sites for hydroxylation is 1. The van der Waals surface area contributed by atoms with Crippen LogP contribution < -0.4 is 5.73 Å². The minimum atomic E-state index is 0.143. The quantitative estimate of drug-likeness (QED) is 0.908. The molecular formula is C12H15ClN4. The SMILES string of the molecule is Cc1nn(-c2ccc(CC(C)N)cn2)cc1Cl. The van der Waals surface area contributed by atoms with Crippen LogP contribution in [0.1, 0.15) is 18.2 Å². The number of pyridine rings is 1. The van der Waals surface area contributed by atoms with Gasteiger partial charge in [0.2, 0.25) is 0 Å². The van der Waals surface area contributed by atoms with E-state index < -0.39 is 0 Å². The summed E-state index contributed by atoms with van der Waals surface area (Å²) in [5, 5.41) is 4.91. The van der Waals surface area contributed by atoms with Crippen LogP contribution in [0.3, 0.4) is 0 Å². The number of rotatable bonds is 3. The maximum atomic E-state index is 5.95. The number of hydrogen-bond acceptors (Lipinski definition) is 3. The highest BCUT2D eigenvalue weighted by Gasteiger charge is 2.05. The molecule has 2 aromatic heterocycles. The molecule has 90 valence electrons. The van der Waals surface area contributed by atoms with Gasteiger partial charge in [0, 0.05) is 12.2 Å². The van der Waals surface area contributed by atoms with Crippen molar-refractivity contribution < 1.29 is 0 Å². The van der Waals surface area contributed by atoms with Gasteiger partial charge in [-0.05, 0) is 31.9 Å². The zero-order chi connectivity index (χ0) is 12.4. The fourth-order valence-electron chi connectivity index (χ4n) is 1.60. The zero-order valence-corrected chi connectivity index (χ0v) is 10.6. The molecule has 0 radical (unpaired) electrons. The third-order valence-corrected chi connectivity index (χ3v) is 2.81. The molecule has 1 atom stereocenters. The second-order valence-corrected chi connectivity index (χ2v) is 4.62. The van der Waals surface area contributed by atoms with Crippen molar-refractivity contribution in [1.82, 2.24) is 14.8 Å². The first kappa shape index (κ1) is 12.1. The molecular weight excluding hydrogens is 236 g/mol. The number of halogens is 1. The summed E-state index contributed by atoms with van der Waals surface area (Å²) in [5.41, 5.74) is 7.66. The van der Waals surface area contributed by atoms with Crippen LogP contribution in [0.5, 0.6) is 0 Å². The molecule has 2 aromatic rings. The summed E-state index contributed by atoms with van der Waals surface area (Å²) >= 11 is 5.95. The highest BCUT2D eigenvalue weighted by Crippen LogP contribution is 2.15. The number of aromatic nitrogens is 3. The highest BCUT2D eigenvalue weighted by atomic mass is 35.5. The summed E-state index contributed by atoms with van der Waals surface area (Å²) in [6.45, 7) is 3.84. The minimum Gasteiger partial charge on any atom is -0.328 e. The minimum absolute atomic E-state index is 0.143. The number of nitrogens with zero attached hydrogens (tertiary/aromatic N) is 3. The van der Waals surface area contributed by atoms with Crippen LogP contribution in [0.25, 0.3) is 5.82 Å². The first-order valence-corrected chi connectivity index (χ1v) is 5.86. The predicted molar refractivity (Wildman–Crippen MR) is 68.5 cm³/mol. The molecule has 2 N–H and O–H groups in total. The van der Waals surface area contributed by atoms with Gasteiger partial charge in [0.15, 0.2) is 5.82 Å². The van der Waals surface area contributed by atoms with Crippen LogP contribution in [0.15, 0.2) is 24.5 Å². The summed E-state index contributed by atoms with van der Waals surface area (Å²) in [7, 11) is 0. The van der Waals surface area contributed by atoms with Gasteiger partial charge in [0.25, 0.3) is 0 Å². The van der Waals surface area contributed by atoms with E-state index in [-0.39, 0.29) is 6.04 Å². The maximum absolute atomic E-state index is 5.95. The van der Waals surface area contributed by atoms with Gasteiger partial charge in [-0.3, -0.25) is 0 Å². The molecule has 0 aliphatic rings. The lowest BCUT2D eigenvalue weighted by Crippen LogP contribution is -2.17. The van der Waals surface area contributed by atoms with Crippen LogP contribution in [0.4, 0.5) is 0 Å². The van der Waals surface area contributed by atoms with Gasteiger partial charge >= 0.3 is 0 Å². The Morgan fingerprint density at radius 2 is 2.24 bits per heavy atom. The van der Waals surface area contributed by atoms with Crippen molar-refractivity contribution in [1.29, 1.82) is 0 Å². The lowest BCUT2D eigenvalue weighted by atomic mass is 10.1. The van der Waals surface area contributed by atoms with Gasteiger partial charge in [-0.25, -0.2) is 9.67 Å². The van der Waals surface area contributed by atoms with Crippen molar-refractivity contribution in [3.63, 3.8) is 0 Å². The van der Waals surface area contributed by atoms with Crippen molar-refractivity contribution in [2.24, 2.45) is 5.73 Å². The van der Waals surface area contributed by atoms with E-state index >= 15 is 0 Å². The van der Waals surface area contributed by atoms with E-state index in [0.29, 0.717) is 5.02 Å². The fourth-order valence-corrected chi connectivity index (χ4v) is 1.73. The molecule has 0 bridgehead atoms. The van der Waals surface area contributed by atoms with Crippen molar-refractivity contribution in [3.8, 4) is 5.82 Å². The third kappa shape index (κ3) is 2.84. The van der Waals surface area contributed by atoms with Crippen LogP contribution in [-0.2, 0) is 6.42 Å². The number of nitrogens with two attached hydrogens (primary N) is 1. The summed E-state index contributed by atoms with van der Waals surface area (Å²) in [4.78, 5) is 4.34. The Kier molecular flexibility index (Phi) is 3.45. The van der Waals surface area contributed by atoms with Crippen molar-refractivity contribution in [2.45, 2.75) is 26.3 Å². The molecule has 17 heavy (non-hydrogen) atoms. The summed E-state index contributed by atoms with van der Waals surface area (Å²) in [6, 6.07) is 4.07. The molecule has 0 amide bonds. The Morgan fingerprint density at radius 3 is 2.71 bits per heavy atom. The van der Waals surface area contributed by atoms with Crippen LogP contribution in [0, 0.1) is 6.92 Å². The maximum Gasteiger partial charge on any atom is 0.153 e. The third-order valence-electron chi connectivity index (χ3n) is 2.44. The lowest BCUT2D eigenvalue weighted by Gasteiger charge is -2.05. The molecule has 0 aromatic carbocycles. The molecule has 4 nitrogen and oxygen atoms in total. The Morgan fingerprint density at radius 1 is 1.47 bits per heavy atom. The van der Waals surface area contributed by atoms with E-state index in [9.17, 15) is 0 Å². The van der Waals surface area contributed by atoms with Crippen molar-refractivity contribution in [2.75, 3.05) is 0 Å². The van der Waals surface area contributed by atoms with E-state index in [1.807, 2.05) is 32.2 Å². The molecule has 0 fully saturated rings. The molecule has 0 saturated carbocycles. The normalized spacial score (nSPS) is 12.7. The average molecular weight is 251 g/mol. The van der Waals surface area contributed by atoms with Gasteiger partial charge in [-0.2, -0.15) is 5.10 Å². The van der Waals surface area contributed by atoms with Gasteiger partial charge in [0.1, 0.15) is 0 Å². The van der Waals surface area contributed by atoms with Crippen LogP contribution >= 0.6 is 11.6 Å². The topological polar surface area (TPSA) is 56.7 Å². The van der Waals surface area contributed by atoms with Crippen LogP contribution in [-0.4, -0.2) is 20.8 Å². The smallest absolute Gasteiger partial charge is 0.153 e. The molecule has 0 spiro atoms. The Balaban J connectivity index is 2.23. The standard InChI is InChI=1S/C12H15ClN4/c1-8(14)5-10-3-4-12(15-6-10)17-7-11(13)9(2)16-17/h3-4,6-8H,5,14H2,1-2H3. The molecule has 0 saturated heterocycles. The molecule has 2 rings (SSSR count). The average Bonchev–Trinajstić information content (AvgIpc) is 2.59. The lowest BCUT2D eigenvalue weighted by molar-refractivity contribution is 0.733. The first-order chi connectivity index (χ1) is 8.06. The fraction of sp³-hybridized carbons (Fsp3) is 0.333. The van der Waals surface area contributed by atoms with E-state index in [4.69, 9.17) is 17.3 Å². The summed E-state index contributed by atoms with van der Waals surface area (Å²) < 4.78 is 1.67. The zero-order valence-electron chi connectivity index (χ0n) is 9.89. The summed E-state index contributed by atoms with van der Waals surface area (Å²) in [5.74, 6) is 0.758. The monoisotopic (exact) mass is 250 g/mol. The van der Waals surface area contributed by atoms with Gasteiger partial charge in [-0.15, -0.1) is 0 Å². The highest BCUT2D eigenvalue weighted by molar-refractivity contribution is 6.31. The van der Waals surface area contributed by atoms with Crippen molar-refractivity contribution in [3.05, 3.63) is 40.8 Å². The van der Waals surface area contributed by atoms with E-state index in [0.717, 1.165) is 23.5 Å². The van der Waals surface area contributed by atoms with Gasteiger partial charge in [0.05, 0.1) is 16.9 Å². The predicted octanol–water partition coefficient (Wildman–Crippen LogP) is 2.12. The van der Waals surface area contributed by atoms with E-state index in [1.54, 1.807) is 10.9 Å².